The van der Waals surface area contributed by atoms with E-state index < -0.39 is 0 Å². The molecule has 2 atom stereocenters. The van der Waals surface area contributed by atoms with Gasteiger partial charge in [-0.25, -0.2) is 0 Å². The van der Waals surface area contributed by atoms with Crippen molar-refractivity contribution in [1.29, 1.82) is 0 Å². The molecule has 0 radical (unpaired) electrons. The van der Waals surface area contributed by atoms with Crippen molar-refractivity contribution in [2.75, 3.05) is 7.05 Å². The molecule has 2 heterocycles. The molecule has 0 unspecified atom stereocenters. The summed E-state index contributed by atoms with van der Waals surface area (Å²) in [6.45, 7) is 0. The number of nitrogens with one attached hydrogen (secondary N) is 1. The molecule has 0 aromatic rings. The van der Waals surface area contributed by atoms with E-state index in [4.69, 9.17) is 0 Å². The molecule has 2 heteroatoms. The van der Waals surface area contributed by atoms with Gasteiger partial charge in [-0.05, 0) is 0 Å². The zero-order valence-electron chi connectivity index (χ0n) is 6.51. The molecule has 0 aliphatic carbocycles. The monoisotopic (exact) mass is 142 g/mol. The van der Waals surface area contributed by atoms with Crippen molar-refractivity contribution >= 4 is 0 Å². The van der Waals surface area contributed by atoms with Gasteiger partial charge in [0.2, 0.25) is 0 Å². The summed E-state index contributed by atoms with van der Waals surface area (Å²) in [5, 5.41) is 9.39. The minimum absolute atomic E-state index is 0.0150. The Hall–Kier alpha value is -0.0800. The molecule has 2 saturated heterocycles. The van der Waals surface area contributed by atoms with Crippen LogP contribution in [0.3, 0.4) is 0 Å². The van der Waals surface area contributed by atoms with E-state index in [1.54, 1.807) is 4.90 Å². The smallest absolute Gasteiger partial charge is 0.0902 e. The Labute approximate surface area is 61.8 Å². The van der Waals surface area contributed by atoms with Gasteiger partial charge in [-0.3, -0.25) is 0 Å². The molecule has 2 N–H and O–H groups in total. The van der Waals surface area contributed by atoms with Crippen LogP contribution in [0.4, 0.5) is 0 Å². The Morgan fingerprint density at radius 2 is 1.70 bits per heavy atom. The highest BCUT2D eigenvalue weighted by Gasteiger charge is 2.41. The third kappa shape index (κ3) is 0.867. The number of aliphatic hydroxyl groups is 1. The maximum atomic E-state index is 9.39. The van der Waals surface area contributed by atoms with Gasteiger partial charge in [0.05, 0.1) is 25.2 Å². The number of fused-ring (bicyclic) bond motifs is 2. The lowest BCUT2D eigenvalue weighted by Crippen LogP contribution is -3.15. The second kappa shape index (κ2) is 2.21. The second-order valence-electron chi connectivity index (χ2n) is 3.84. The van der Waals surface area contributed by atoms with Crippen LogP contribution in [0, 0.1) is 0 Å². The Balaban J connectivity index is 2.09. The fourth-order valence-electron chi connectivity index (χ4n) is 2.55. The lowest BCUT2D eigenvalue weighted by atomic mass is 10.0. The Kier molecular flexibility index (Phi) is 1.46. The van der Waals surface area contributed by atoms with Crippen LogP contribution in [0.1, 0.15) is 25.7 Å². The third-order valence-corrected chi connectivity index (χ3v) is 3.26. The average molecular weight is 142 g/mol. The molecule has 0 aromatic heterocycles. The standard InChI is InChI=1S/C8H15NO/c1-9-6-2-3-7(9)5-8(10)4-6/h6-8,10H,2-5H2,1H3/p+1/t6-,7-/m1/s1. The molecule has 2 aliphatic heterocycles. The van der Waals surface area contributed by atoms with Gasteiger partial charge in [-0.1, -0.05) is 0 Å². The van der Waals surface area contributed by atoms with Gasteiger partial charge in [0.15, 0.2) is 0 Å². The molecule has 0 amide bonds. The van der Waals surface area contributed by atoms with Crippen LogP contribution >= 0.6 is 0 Å². The van der Waals surface area contributed by atoms with Crippen molar-refractivity contribution in [3.63, 3.8) is 0 Å². The zero-order valence-corrected chi connectivity index (χ0v) is 6.51. The van der Waals surface area contributed by atoms with Crippen molar-refractivity contribution in [1.82, 2.24) is 0 Å². The van der Waals surface area contributed by atoms with Crippen LogP contribution in [0.25, 0.3) is 0 Å². The minimum atomic E-state index is 0.0150. The van der Waals surface area contributed by atoms with E-state index in [2.05, 4.69) is 7.05 Å². The van der Waals surface area contributed by atoms with Gasteiger partial charge in [-0.15, -0.1) is 0 Å². The van der Waals surface area contributed by atoms with Gasteiger partial charge in [-0.2, -0.15) is 0 Å². The van der Waals surface area contributed by atoms with Crippen molar-refractivity contribution in [3.8, 4) is 0 Å². The Morgan fingerprint density at radius 3 is 2.20 bits per heavy atom. The molecule has 58 valence electrons. The SMILES string of the molecule is C[NH+]1[C@@H]2CC[C@@H]1CC(O)C2. The number of piperidine rings is 1. The summed E-state index contributed by atoms with van der Waals surface area (Å²) < 4.78 is 0. The van der Waals surface area contributed by atoms with Crippen molar-refractivity contribution < 1.29 is 10.0 Å². The topological polar surface area (TPSA) is 24.7 Å². The summed E-state index contributed by atoms with van der Waals surface area (Å²) in [6, 6.07) is 1.54. The normalized spacial score (nSPS) is 53.4. The highest BCUT2D eigenvalue weighted by molar-refractivity contribution is 4.81. The van der Waals surface area contributed by atoms with Gasteiger partial charge in [0.25, 0.3) is 0 Å². The molecule has 2 fully saturated rings. The van der Waals surface area contributed by atoms with E-state index in [9.17, 15) is 5.11 Å². The molecule has 2 nitrogen and oxygen atoms in total. The third-order valence-electron chi connectivity index (χ3n) is 3.26. The number of rotatable bonds is 0. The van der Waals surface area contributed by atoms with E-state index in [0.717, 1.165) is 24.9 Å². The van der Waals surface area contributed by atoms with Gasteiger partial charge < -0.3 is 10.0 Å². The predicted octanol–water partition coefficient (Wildman–Crippen LogP) is -0.813. The number of quaternary nitrogens is 1. The predicted molar refractivity (Wildman–Crippen MR) is 38.9 cm³/mol. The first-order chi connectivity index (χ1) is 4.77. The average Bonchev–Trinajstić information content (AvgIpc) is 2.20. The molecular formula is C8H16NO+. The van der Waals surface area contributed by atoms with E-state index in [-0.39, 0.29) is 6.10 Å². The minimum Gasteiger partial charge on any atom is -0.393 e. The van der Waals surface area contributed by atoms with Crippen molar-refractivity contribution in [2.24, 2.45) is 0 Å². The lowest BCUT2D eigenvalue weighted by Gasteiger charge is -2.30. The highest BCUT2D eigenvalue weighted by atomic mass is 16.3. The highest BCUT2D eigenvalue weighted by Crippen LogP contribution is 2.21. The van der Waals surface area contributed by atoms with Crippen LogP contribution in [-0.2, 0) is 0 Å². The summed E-state index contributed by atoms with van der Waals surface area (Å²) in [5.74, 6) is 0. The maximum Gasteiger partial charge on any atom is 0.0902 e. The summed E-state index contributed by atoms with van der Waals surface area (Å²) in [4.78, 5) is 1.67. The summed E-state index contributed by atoms with van der Waals surface area (Å²) in [6.07, 6.45) is 4.78. The summed E-state index contributed by atoms with van der Waals surface area (Å²) >= 11 is 0. The van der Waals surface area contributed by atoms with Gasteiger partial charge in [0, 0.05) is 25.7 Å². The molecule has 0 spiro atoms. The first kappa shape index (κ1) is 6.62. The fourth-order valence-corrected chi connectivity index (χ4v) is 2.55. The molecule has 0 saturated carbocycles. The number of aliphatic hydroxyl groups excluding tert-OH is 1. The lowest BCUT2D eigenvalue weighted by molar-refractivity contribution is -0.923. The van der Waals surface area contributed by atoms with Crippen molar-refractivity contribution in [2.45, 2.75) is 43.9 Å². The first-order valence-electron chi connectivity index (χ1n) is 4.29. The van der Waals surface area contributed by atoms with E-state index in [1.165, 1.54) is 12.8 Å². The molecule has 2 rings (SSSR count). The molecule has 2 aliphatic rings. The Bertz CT molecular complexity index is 123. The molecule has 0 aromatic carbocycles. The van der Waals surface area contributed by atoms with Crippen LogP contribution in [0.2, 0.25) is 0 Å². The Morgan fingerprint density at radius 1 is 1.20 bits per heavy atom. The van der Waals surface area contributed by atoms with Crippen LogP contribution in [0.5, 0.6) is 0 Å². The molecule has 10 heavy (non-hydrogen) atoms. The fraction of sp³-hybridized carbons (Fsp3) is 1.00. The molecule has 2 bridgehead atoms. The largest absolute Gasteiger partial charge is 0.393 e. The van der Waals surface area contributed by atoms with Gasteiger partial charge >= 0.3 is 0 Å². The van der Waals surface area contributed by atoms with Crippen molar-refractivity contribution in [3.05, 3.63) is 0 Å². The van der Waals surface area contributed by atoms with Crippen LogP contribution < -0.4 is 4.90 Å². The van der Waals surface area contributed by atoms with Crippen LogP contribution in [0.15, 0.2) is 0 Å². The quantitative estimate of drug-likeness (QED) is 0.454. The second-order valence-corrected chi connectivity index (χ2v) is 3.84. The summed E-state index contributed by atoms with van der Waals surface area (Å²) in [5.41, 5.74) is 0. The zero-order chi connectivity index (χ0) is 7.14. The number of hydrogen-bond acceptors (Lipinski definition) is 1. The summed E-state index contributed by atoms with van der Waals surface area (Å²) in [7, 11) is 2.27. The van der Waals surface area contributed by atoms with E-state index in [0.29, 0.717) is 0 Å². The van der Waals surface area contributed by atoms with Gasteiger partial charge in [0.1, 0.15) is 0 Å². The van der Waals surface area contributed by atoms with E-state index >= 15 is 0 Å². The maximum absolute atomic E-state index is 9.39. The number of hydrogen-bond donors (Lipinski definition) is 2. The molecular weight excluding hydrogens is 126 g/mol. The first-order valence-corrected chi connectivity index (χ1v) is 4.29. The van der Waals surface area contributed by atoms with E-state index in [1.807, 2.05) is 0 Å². The van der Waals surface area contributed by atoms with Crippen LogP contribution in [-0.4, -0.2) is 30.3 Å².